The van der Waals surface area contributed by atoms with Crippen LogP contribution in [0.15, 0.2) is 65.1 Å². The van der Waals surface area contributed by atoms with Gasteiger partial charge in [-0.15, -0.1) is 10.2 Å². The van der Waals surface area contributed by atoms with E-state index in [0.717, 1.165) is 28.0 Å². The summed E-state index contributed by atoms with van der Waals surface area (Å²) >= 11 is 0. The smallest absolute Gasteiger partial charge is 0.360 e. The second-order valence-electron chi connectivity index (χ2n) is 4.34. The summed E-state index contributed by atoms with van der Waals surface area (Å²) in [4.78, 5) is 0. The number of nitrogens with two attached hydrogens (primary N) is 1. The highest BCUT2D eigenvalue weighted by molar-refractivity contribution is 5.78. The quantitative estimate of drug-likeness (QED) is 0.461. The van der Waals surface area contributed by atoms with Crippen molar-refractivity contribution in [3.63, 3.8) is 0 Å². The number of fused-ring (bicyclic) bond motifs is 1. The third kappa shape index (κ3) is 4.96. The van der Waals surface area contributed by atoms with Crippen molar-refractivity contribution in [2.45, 2.75) is 0 Å². The molecule has 22 heavy (non-hydrogen) atoms. The van der Waals surface area contributed by atoms with E-state index in [1.54, 1.807) is 0 Å². The van der Waals surface area contributed by atoms with Gasteiger partial charge < -0.3 is 5.73 Å². The second-order valence-corrected chi connectivity index (χ2v) is 5.09. The molecule has 0 bridgehead atoms. The van der Waals surface area contributed by atoms with Gasteiger partial charge in [0.2, 0.25) is 0 Å². The molecule has 0 saturated heterocycles. The molecular weight excluding hydrogens is 310 g/mol. The van der Waals surface area contributed by atoms with Gasteiger partial charge in [-0.1, -0.05) is 12.1 Å². The van der Waals surface area contributed by atoms with Gasteiger partial charge >= 0.3 is 11.3 Å². The van der Waals surface area contributed by atoms with Crippen LogP contribution in [0.2, 0.25) is 0 Å². The zero-order valence-corrected chi connectivity index (χ0v) is 12.0. The van der Waals surface area contributed by atoms with E-state index < -0.39 is 10.2 Å². The summed E-state index contributed by atoms with van der Waals surface area (Å²) in [6, 6.07) is 19.7. The number of halogens is 1. The van der Waals surface area contributed by atoms with Gasteiger partial charge in [-0.25, -0.2) is 23.1 Å². The lowest BCUT2D eigenvalue weighted by Crippen LogP contribution is -2.68. The van der Waals surface area contributed by atoms with Crippen molar-refractivity contribution in [1.29, 1.82) is 0 Å². The molecule has 0 aliphatic rings. The molecule has 114 valence electrons. The van der Waals surface area contributed by atoms with Crippen LogP contribution in [0.1, 0.15) is 0 Å². The maximum absolute atomic E-state index is 8.49. The average molecular weight is 322 g/mol. The number of nitrogen functional groups attached to an aromatic ring is 1. The van der Waals surface area contributed by atoms with Gasteiger partial charge in [-0.2, -0.15) is 0 Å². The maximum Gasteiger partial charge on any atom is 0.360 e. The van der Waals surface area contributed by atoms with Crippen LogP contribution < -0.4 is 24.4 Å². The first-order chi connectivity index (χ1) is 10.3. The second kappa shape index (κ2) is 6.69. The van der Waals surface area contributed by atoms with Crippen LogP contribution in [0.3, 0.4) is 0 Å². The molecule has 0 aliphatic heterocycles. The molecule has 2 N–H and O–H groups in total. The SMILES string of the molecule is Nc1ccc(-c2ccc3ccccc3[o+]2)cc1.[O-][Cl+3]([O-])([O-])[O-]. The summed E-state index contributed by atoms with van der Waals surface area (Å²) in [7, 11) is -4.94. The lowest BCUT2D eigenvalue weighted by molar-refractivity contribution is -2.00. The average Bonchev–Trinajstić information content (AvgIpc) is 2.46. The summed E-state index contributed by atoms with van der Waals surface area (Å²) in [6.45, 7) is 0. The minimum atomic E-state index is -4.94. The number of anilines is 1. The molecule has 0 aliphatic carbocycles. The highest BCUT2D eigenvalue weighted by Crippen LogP contribution is 2.24. The van der Waals surface area contributed by atoms with Gasteiger partial charge in [0.25, 0.3) is 0 Å². The predicted molar refractivity (Wildman–Crippen MR) is 70.5 cm³/mol. The summed E-state index contributed by atoms with van der Waals surface area (Å²) in [5, 5.41) is 1.10. The van der Waals surface area contributed by atoms with E-state index in [-0.39, 0.29) is 0 Å². The minimum absolute atomic E-state index is 0.759. The van der Waals surface area contributed by atoms with Crippen LogP contribution in [-0.4, -0.2) is 0 Å². The van der Waals surface area contributed by atoms with Gasteiger partial charge in [0.15, 0.2) is 0 Å². The maximum atomic E-state index is 8.49. The fourth-order valence-corrected chi connectivity index (χ4v) is 1.83. The van der Waals surface area contributed by atoms with Gasteiger partial charge in [-0.3, -0.25) is 0 Å². The summed E-state index contributed by atoms with van der Waals surface area (Å²) < 4.78 is 39.8. The Kier molecular flexibility index (Phi) is 4.92. The Balaban J connectivity index is 0.000000309. The normalized spacial score (nSPS) is 10.9. The Morgan fingerprint density at radius 2 is 1.36 bits per heavy atom. The molecule has 1 aromatic heterocycles. The number of para-hydroxylation sites is 1. The molecule has 0 unspecified atom stereocenters. The fraction of sp³-hybridized carbons (Fsp3) is 0. The molecule has 0 saturated carbocycles. The third-order valence-electron chi connectivity index (χ3n) is 2.75. The summed E-state index contributed by atoms with van der Waals surface area (Å²) in [5.41, 5.74) is 8.35. The van der Waals surface area contributed by atoms with Crippen molar-refractivity contribution in [3.8, 4) is 11.3 Å². The molecule has 7 heteroatoms. The van der Waals surface area contributed by atoms with Crippen molar-refractivity contribution in [1.82, 2.24) is 0 Å². The zero-order chi connectivity index (χ0) is 16.2. The van der Waals surface area contributed by atoms with Gasteiger partial charge in [0, 0.05) is 17.8 Å². The van der Waals surface area contributed by atoms with Crippen LogP contribution in [0.25, 0.3) is 22.3 Å². The first-order valence-corrected chi connectivity index (χ1v) is 7.36. The highest BCUT2D eigenvalue weighted by atomic mass is 35.7. The third-order valence-corrected chi connectivity index (χ3v) is 2.75. The molecule has 3 rings (SSSR count). The molecule has 0 radical (unpaired) electrons. The van der Waals surface area contributed by atoms with Crippen molar-refractivity contribution in [3.05, 3.63) is 60.7 Å². The van der Waals surface area contributed by atoms with E-state index in [4.69, 9.17) is 28.8 Å². The summed E-state index contributed by atoms with van der Waals surface area (Å²) in [6.07, 6.45) is 0. The largest absolute Gasteiger partial charge is 0.399 e. The monoisotopic (exact) mass is 321 g/mol. The van der Waals surface area contributed by atoms with Crippen LogP contribution in [0.5, 0.6) is 0 Å². The highest BCUT2D eigenvalue weighted by Gasteiger charge is 2.13. The number of hydrogen-bond acceptors (Lipinski definition) is 5. The van der Waals surface area contributed by atoms with E-state index >= 15 is 0 Å². The molecule has 0 atom stereocenters. The number of hydrogen-bond donors (Lipinski definition) is 1. The van der Waals surface area contributed by atoms with E-state index in [0.29, 0.717) is 0 Å². The van der Waals surface area contributed by atoms with E-state index in [1.165, 1.54) is 0 Å². The standard InChI is InChI=1S/C15H12NO.ClHO4/c16-13-8-5-12(6-9-13)15-10-7-11-3-1-2-4-14(11)17-15;2-1(3,4)5/h1-10H,16H2;(H,2,3,4,5)/q+1;/p-1. The van der Waals surface area contributed by atoms with Gasteiger partial charge in [0.1, 0.15) is 0 Å². The van der Waals surface area contributed by atoms with Crippen LogP contribution in [-0.2, 0) is 0 Å². The Bertz CT molecular complexity index is 750. The zero-order valence-electron chi connectivity index (χ0n) is 11.3. The topological polar surface area (TPSA) is 130 Å². The van der Waals surface area contributed by atoms with Crippen molar-refractivity contribution >= 4 is 16.7 Å². The number of rotatable bonds is 1. The van der Waals surface area contributed by atoms with Crippen molar-refractivity contribution in [2.24, 2.45) is 0 Å². The Morgan fingerprint density at radius 1 is 0.773 bits per heavy atom. The fourth-order valence-electron chi connectivity index (χ4n) is 1.83. The molecule has 6 nitrogen and oxygen atoms in total. The van der Waals surface area contributed by atoms with Crippen LogP contribution in [0.4, 0.5) is 5.69 Å². The predicted octanol–water partition coefficient (Wildman–Crippen LogP) is -0.793. The number of benzene rings is 2. The van der Waals surface area contributed by atoms with Crippen molar-refractivity contribution in [2.75, 3.05) is 5.73 Å². The molecule has 3 aromatic rings. The molecule has 1 heterocycles. The molecule has 0 spiro atoms. The molecule has 2 aromatic carbocycles. The Labute approximate surface area is 128 Å². The lowest BCUT2D eigenvalue weighted by atomic mass is 10.1. The van der Waals surface area contributed by atoms with Crippen LogP contribution in [0, 0.1) is 10.2 Å². The van der Waals surface area contributed by atoms with Crippen LogP contribution >= 0.6 is 0 Å². The molecular formula is C15H12ClNO5. The van der Waals surface area contributed by atoms with Gasteiger partial charge in [0.05, 0.1) is 10.9 Å². The summed E-state index contributed by atoms with van der Waals surface area (Å²) in [5.74, 6) is 0.851. The first kappa shape index (κ1) is 16.2. The van der Waals surface area contributed by atoms with E-state index in [1.807, 2.05) is 54.6 Å². The minimum Gasteiger partial charge on any atom is -0.399 e. The molecule has 0 fully saturated rings. The van der Waals surface area contributed by atoms with E-state index in [2.05, 4.69) is 6.07 Å². The lowest BCUT2D eigenvalue weighted by Gasteiger charge is -2.17. The van der Waals surface area contributed by atoms with Crippen molar-refractivity contribution < 1.29 is 33.3 Å². The Hall–Kier alpha value is -2.22. The Morgan fingerprint density at radius 3 is 2.00 bits per heavy atom. The molecule has 0 amide bonds. The van der Waals surface area contributed by atoms with E-state index in [9.17, 15) is 0 Å². The van der Waals surface area contributed by atoms with Gasteiger partial charge in [-0.05, 0) is 36.4 Å². The first-order valence-electron chi connectivity index (χ1n) is 6.12.